The van der Waals surface area contributed by atoms with Gasteiger partial charge in [0.2, 0.25) is 5.91 Å². The summed E-state index contributed by atoms with van der Waals surface area (Å²) in [6, 6.07) is 20.6. The van der Waals surface area contributed by atoms with E-state index in [0.29, 0.717) is 25.9 Å². The van der Waals surface area contributed by atoms with E-state index in [1.807, 2.05) is 31.2 Å². The Morgan fingerprint density at radius 3 is 2.36 bits per heavy atom. The highest BCUT2D eigenvalue weighted by Gasteiger charge is 2.34. The summed E-state index contributed by atoms with van der Waals surface area (Å²) in [6.45, 7) is 9.87. The van der Waals surface area contributed by atoms with Crippen molar-refractivity contribution in [1.82, 2.24) is 14.9 Å². The maximum atomic E-state index is 11.2. The fraction of sp³-hybridized carbons (Fsp3) is 0.375. The predicted molar refractivity (Wildman–Crippen MR) is 161 cm³/mol. The molecule has 0 atom stereocenters. The minimum Gasteiger partial charge on any atom is -0.493 e. The van der Waals surface area contributed by atoms with E-state index in [9.17, 15) is 9.90 Å². The summed E-state index contributed by atoms with van der Waals surface area (Å²) in [5.74, 6) is 2.04. The zero-order valence-corrected chi connectivity index (χ0v) is 24.8. The molecule has 5 rings (SSSR count). The van der Waals surface area contributed by atoms with Crippen LogP contribution in [0, 0.1) is 6.92 Å². The van der Waals surface area contributed by atoms with Crippen LogP contribution in [-0.2, 0) is 16.8 Å². The van der Waals surface area contributed by atoms with Gasteiger partial charge in [-0.25, -0.2) is 4.98 Å². The Morgan fingerprint density at radius 2 is 1.72 bits per heavy atom. The number of piperidine rings is 1. The zero-order chi connectivity index (χ0) is 28.0. The molecule has 2 N–H and O–H groups in total. The molecule has 6 nitrogen and oxygen atoms in total. The van der Waals surface area contributed by atoms with E-state index >= 15 is 0 Å². The highest BCUT2D eigenvalue weighted by atomic mass is 79.9. The molecule has 1 aliphatic rings. The van der Waals surface area contributed by atoms with Crippen molar-refractivity contribution in [3.05, 3.63) is 82.1 Å². The fourth-order valence-corrected chi connectivity index (χ4v) is 5.21. The number of imidazole rings is 1. The Labute approximate surface area is 239 Å². The molecule has 206 valence electrons. The van der Waals surface area contributed by atoms with Crippen LogP contribution in [0.25, 0.3) is 22.2 Å². The first-order valence-corrected chi connectivity index (χ1v) is 14.5. The van der Waals surface area contributed by atoms with E-state index < -0.39 is 5.60 Å². The molecule has 1 aliphatic heterocycles. The second-order valence-electron chi connectivity index (χ2n) is 10.1. The van der Waals surface area contributed by atoms with E-state index in [0.717, 1.165) is 52.1 Å². The average Bonchev–Trinajstić information content (AvgIpc) is 3.32. The molecule has 7 heteroatoms. The van der Waals surface area contributed by atoms with Crippen molar-refractivity contribution in [3.63, 3.8) is 0 Å². The molecule has 0 bridgehead atoms. The van der Waals surface area contributed by atoms with E-state index in [1.54, 1.807) is 11.8 Å². The van der Waals surface area contributed by atoms with Crippen LogP contribution in [0.1, 0.15) is 57.0 Å². The topological polar surface area (TPSA) is 78.5 Å². The van der Waals surface area contributed by atoms with Crippen molar-refractivity contribution < 1.29 is 14.6 Å². The summed E-state index contributed by atoms with van der Waals surface area (Å²) < 4.78 is 6.83. The van der Waals surface area contributed by atoms with Crippen LogP contribution >= 0.6 is 15.9 Å². The second kappa shape index (κ2) is 12.8. The van der Waals surface area contributed by atoms with Crippen LogP contribution in [0.4, 0.5) is 0 Å². The number of likely N-dealkylation sites (tertiary alicyclic amines) is 1. The van der Waals surface area contributed by atoms with Gasteiger partial charge >= 0.3 is 0 Å². The molecule has 4 aromatic rings. The highest BCUT2D eigenvalue weighted by molar-refractivity contribution is 9.10. The van der Waals surface area contributed by atoms with Crippen molar-refractivity contribution in [1.29, 1.82) is 0 Å². The number of carbonyl (C=O) groups is 1. The number of aryl methyl sites for hydroxylation is 2. The second-order valence-corrected chi connectivity index (χ2v) is 11.0. The summed E-state index contributed by atoms with van der Waals surface area (Å²) in [6.07, 6.45) is 3.21. The van der Waals surface area contributed by atoms with Crippen LogP contribution in [0.5, 0.6) is 5.75 Å². The van der Waals surface area contributed by atoms with Gasteiger partial charge in [-0.1, -0.05) is 54.0 Å². The Morgan fingerprint density at radius 1 is 1.05 bits per heavy atom. The van der Waals surface area contributed by atoms with Gasteiger partial charge in [0.15, 0.2) is 0 Å². The van der Waals surface area contributed by atoms with E-state index in [-0.39, 0.29) is 5.91 Å². The minimum atomic E-state index is -0.785. The number of carbonyl (C=O) groups excluding carboxylic acids is 1. The molecule has 0 saturated carbocycles. The van der Waals surface area contributed by atoms with Gasteiger partial charge < -0.3 is 19.7 Å². The number of ether oxygens (including phenoxy) is 1. The van der Waals surface area contributed by atoms with Gasteiger partial charge in [-0.15, -0.1) is 0 Å². The number of benzene rings is 3. The monoisotopic (exact) mass is 591 g/mol. The molecule has 0 spiro atoms. The Hall–Kier alpha value is -3.16. The van der Waals surface area contributed by atoms with Gasteiger partial charge in [-0.05, 0) is 91.3 Å². The third-order valence-corrected chi connectivity index (χ3v) is 7.78. The lowest BCUT2D eigenvalue weighted by Gasteiger charge is -2.38. The van der Waals surface area contributed by atoms with Gasteiger partial charge in [0.1, 0.15) is 11.6 Å². The number of H-pyrrole nitrogens is 1. The molecule has 1 saturated heterocycles. The number of aliphatic hydroxyl groups is 1. The van der Waals surface area contributed by atoms with Crippen LogP contribution in [0.15, 0.2) is 65.1 Å². The van der Waals surface area contributed by atoms with Gasteiger partial charge in [-0.3, -0.25) is 4.79 Å². The van der Waals surface area contributed by atoms with Crippen molar-refractivity contribution in [2.24, 2.45) is 0 Å². The number of hydrogen-bond acceptors (Lipinski definition) is 4. The third-order valence-electron chi connectivity index (χ3n) is 7.25. The number of nitrogens with zero attached hydrogens (tertiary/aromatic N) is 2. The SMILES string of the molecule is CC(=O)N1CCC(O)(c2ccc(Br)cc2)CC1.CCCOc1ccc(-c2ccc3nc(C)[nH]c3c2)cc1CC. The number of rotatable bonds is 6. The lowest BCUT2D eigenvalue weighted by atomic mass is 9.84. The van der Waals surface area contributed by atoms with Gasteiger partial charge in [0, 0.05) is 24.5 Å². The lowest BCUT2D eigenvalue weighted by Crippen LogP contribution is -2.44. The number of amides is 1. The number of aromatic amines is 1. The smallest absolute Gasteiger partial charge is 0.219 e. The highest BCUT2D eigenvalue weighted by Crippen LogP contribution is 2.33. The van der Waals surface area contributed by atoms with E-state index in [4.69, 9.17) is 4.74 Å². The molecule has 1 aromatic heterocycles. The molecule has 2 heterocycles. The van der Waals surface area contributed by atoms with Crippen LogP contribution in [0.3, 0.4) is 0 Å². The summed E-state index contributed by atoms with van der Waals surface area (Å²) in [7, 11) is 0. The molecular formula is C32H38BrN3O3. The van der Waals surface area contributed by atoms with Gasteiger partial charge in [0.25, 0.3) is 0 Å². The number of fused-ring (bicyclic) bond motifs is 1. The normalized spacial score (nSPS) is 14.6. The van der Waals surface area contributed by atoms with Crippen LogP contribution in [0.2, 0.25) is 0 Å². The zero-order valence-electron chi connectivity index (χ0n) is 23.3. The lowest BCUT2D eigenvalue weighted by molar-refractivity contribution is -0.133. The Bertz CT molecular complexity index is 1410. The molecular weight excluding hydrogens is 554 g/mol. The van der Waals surface area contributed by atoms with Gasteiger partial charge in [-0.2, -0.15) is 0 Å². The summed E-state index contributed by atoms with van der Waals surface area (Å²) in [5.41, 5.74) is 5.92. The standard InChI is InChI=1S/C19H22N2O.C13H16BrNO2/c1-4-10-22-19-9-7-15(11-14(19)5-2)16-6-8-17-18(12-16)21-13(3)20-17;1-10(16)15-8-6-13(17,7-9-15)11-2-4-12(14)5-3-11/h6-9,11-12H,4-5,10H2,1-3H3,(H,20,21);2-5,17H,6-9H2,1H3. The van der Waals surface area contributed by atoms with E-state index in [1.165, 1.54) is 16.7 Å². The Kier molecular flexibility index (Phi) is 9.46. The van der Waals surface area contributed by atoms with Crippen molar-refractivity contribution >= 4 is 32.9 Å². The quantitative estimate of drug-likeness (QED) is 0.249. The summed E-state index contributed by atoms with van der Waals surface area (Å²) >= 11 is 3.38. The molecule has 0 radical (unpaired) electrons. The third kappa shape index (κ3) is 7.08. The maximum absolute atomic E-state index is 11.2. The van der Waals surface area contributed by atoms with E-state index in [2.05, 4.69) is 76.1 Å². The predicted octanol–water partition coefficient (Wildman–Crippen LogP) is 7.17. The fourth-order valence-electron chi connectivity index (χ4n) is 4.95. The first-order valence-electron chi connectivity index (χ1n) is 13.7. The molecule has 0 aliphatic carbocycles. The van der Waals surface area contributed by atoms with Crippen molar-refractivity contribution in [2.45, 2.75) is 59.0 Å². The number of halogens is 1. The van der Waals surface area contributed by atoms with Crippen LogP contribution < -0.4 is 4.74 Å². The maximum Gasteiger partial charge on any atom is 0.219 e. The number of nitrogens with one attached hydrogen (secondary N) is 1. The molecule has 1 fully saturated rings. The first kappa shape index (κ1) is 28.8. The van der Waals surface area contributed by atoms with Gasteiger partial charge in [0.05, 0.1) is 23.2 Å². The van der Waals surface area contributed by atoms with Crippen molar-refractivity contribution in [3.8, 4) is 16.9 Å². The first-order chi connectivity index (χ1) is 18.7. The molecule has 0 unspecified atom stereocenters. The largest absolute Gasteiger partial charge is 0.493 e. The number of aromatic nitrogens is 2. The summed E-state index contributed by atoms with van der Waals surface area (Å²) in [4.78, 5) is 20.8. The van der Waals surface area contributed by atoms with Crippen molar-refractivity contribution in [2.75, 3.05) is 19.7 Å². The van der Waals surface area contributed by atoms with Crippen LogP contribution in [-0.4, -0.2) is 45.6 Å². The summed E-state index contributed by atoms with van der Waals surface area (Å²) in [5, 5.41) is 10.6. The Balaban J connectivity index is 0.000000187. The number of hydrogen-bond donors (Lipinski definition) is 2. The molecule has 39 heavy (non-hydrogen) atoms. The average molecular weight is 593 g/mol. The molecule has 1 amide bonds. The minimum absolute atomic E-state index is 0.0860. The molecule has 3 aromatic carbocycles.